The summed E-state index contributed by atoms with van der Waals surface area (Å²) in [6, 6.07) is 13.2. The first kappa shape index (κ1) is 14.1. The molecule has 20 heavy (non-hydrogen) atoms. The summed E-state index contributed by atoms with van der Waals surface area (Å²) in [5, 5.41) is 9.14. The van der Waals surface area contributed by atoms with Crippen LogP contribution in [0.25, 0.3) is 0 Å². The fourth-order valence-electron chi connectivity index (χ4n) is 1.96. The highest BCUT2D eigenvalue weighted by Crippen LogP contribution is 2.21. The van der Waals surface area contributed by atoms with Crippen LogP contribution in [0.1, 0.15) is 34.0 Å². The Kier molecular flexibility index (Phi) is 4.41. The number of aryl methyl sites for hydroxylation is 2. The average molecular weight is 270 g/mol. The van der Waals surface area contributed by atoms with Crippen LogP contribution in [0, 0.1) is 6.92 Å². The minimum atomic E-state index is -0.971. The van der Waals surface area contributed by atoms with E-state index in [0.717, 1.165) is 17.5 Å². The Balaban J connectivity index is 2.13. The lowest BCUT2D eigenvalue weighted by Crippen LogP contribution is -2.03. The van der Waals surface area contributed by atoms with Crippen molar-refractivity contribution in [3.8, 4) is 5.75 Å². The maximum Gasteiger partial charge on any atom is 0.339 e. The Morgan fingerprint density at radius 2 is 1.75 bits per heavy atom. The van der Waals surface area contributed by atoms with Crippen molar-refractivity contribution in [3.05, 3.63) is 64.7 Å². The molecule has 2 aromatic carbocycles. The van der Waals surface area contributed by atoms with Gasteiger partial charge in [-0.15, -0.1) is 0 Å². The topological polar surface area (TPSA) is 46.5 Å². The van der Waals surface area contributed by atoms with Crippen molar-refractivity contribution >= 4 is 5.97 Å². The monoisotopic (exact) mass is 270 g/mol. The third-order valence-corrected chi connectivity index (χ3v) is 3.19. The number of carboxylic acid groups (broad SMARTS) is 1. The van der Waals surface area contributed by atoms with E-state index in [2.05, 4.69) is 19.1 Å². The fraction of sp³-hybridized carbons (Fsp3) is 0.235. The first-order valence-corrected chi connectivity index (χ1v) is 6.64. The van der Waals surface area contributed by atoms with Gasteiger partial charge in [0, 0.05) is 0 Å². The largest absolute Gasteiger partial charge is 0.488 e. The van der Waals surface area contributed by atoms with E-state index in [4.69, 9.17) is 9.84 Å². The molecule has 0 aliphatic heterocycles. The van der Waals surface area contributed by atoms with Crippen LogP contribution in [-0.4, -0.2) is 11.1 Å². The van der Waals surface area contributed by atoms with E-state index in [0.29, 0.717) is 12.4 Å². The lowest BCUT2D eigenvalue weighted by Gasteiger charge is -2.10. The van der Waals surface area contributed by atoms with Crippen molar-refractivity contribution in [2.75, 3.05) is 0 Å². The van der Waals surface area contributed by atoms with Crippen LogP contribution in [-0.2, 0) is 13.0 Å². The second kappa shape index (κ2) is 6.24. The quantitative estimate of drug-likeness (QED) is 0.898. The summed E-state index contributed by atoms with van der Waals surface area (Å²) in [4.78, 5) is 11.1. The van der Waals surface area contributed by atoms with Gasteiger partial charge in [0.25, 0.3) is 0 Å². The summed E-state index contributed by atoms with van der Waals surface area (Å²) in [7, 11) is 0. The molecule has 0 heterocycles. The molecule has 0 atom stereocenters. The predicted octanol–water partition coefficient (Wildman–Crippen LogP) is 3.83. The second-order valence-corrected chi connectivity index (χ2v) is 4.76. The molecule has 0 aromatic heterocycles. The summed E-state index contributed by atoms with van der Waals surface area (Å²) in [5.41, 5.74) is 3.47. The number of aromatic carboxylic acids is 1. The summed E-state index contributed by atoms with van der Waals surface area (Å²) >= 11 is 0. The summed E-state index contributed by atoms with van der Waals surface area (Å²) in [6.07, 6.45) is 1.00. The summed E-state index contributed by atoms with van der Waals surface area (Å²) in [6.45, 7) is 4.39. The van der Waals surface area contributed by atoms with E-state index >= 15 is 0 Å². The number of hydrogen-bond acceptors (Lipinski definition) is 2. The van der Waals surface area contributed by atoms with Crippen LogP contribution in [0.3, 0.4) is 0 Å². The Bertz CT molecular complexity index is 600. The molecule has 0 spiro atoms. The molecule has 2 rings (SSSR count). The van der Waals surface area contributed by atoms with E-state index in [9.17, 15) is 4.79 Å². The van der Waals surface area contributed by atoms with Gasteiger partial charge in [-0.1, -0.05) is 37.3 Å². The van der Waals surface area contributed by atoms with Crippen molar-refractivity contribution in [2.24, 2.45) is 0 Å². The SMILES string of the molecule is CCc1ccc(COc2cc(C)ccc2C(=O)O)cc1. The van der Waals surface area contributed by atoms with Gasteiger partial charge in [-0.05, 0) is 42.2 Å². The molecule has 0 bridgehead atoms. The highest BCUT2D eigenvalue weighted by molar-refractivity contribution is 5.90. The van der Waals surface area contributed by atoms with Gasteiger partial charge in [0.15, 0.2) is 0 Å². The fourth-order valence-corrected chi connectivity index (χ4v) is 1.96. The highest BCUT2D eigenvalue weighted by atomic mass is 16.5. The number of rotatable bonds is 5. The summed E-state index contributed by atoms with van der Waals surface area (Å²) < 4.78 is 5.66. The van der Waals surface area contributed by atoms with E-state index in [1.807, 2.05) is 19.1 Å². The zero-order chi connectivity index (χ0) is 14.5. The zero-order valence-corrected chi connectivity index (χ0v) is 11.7. The molecule has 0 radical (unpaired) electrons. The van der Waals surface area contributed by atoms with Gasteiger partial charge in [-0.2, -0.15) is 0 Å². The van der Waals surface area contributed by atoms with Crippen LogP contribution < -0.4 is 4.74 Å². The first-order chi connectivity index (χ1) is 9.60. The van der Waals surface area contributed by atoms with E-state index in [1.165, 1.54) is 5.56 Å². The number of carboxylic acids is 1. The van der Waals surface area contributed by atoms with Crippen LogP contribution in [0.4, 0.5) is 0 Å². The van der Waals surface area contributed by atoms with Gasteiger partial charge in [-0.3, -0.25) is 0 Å². The van der Waals surface area contributed by atoms with Crippen molar-refractivity contribution in [1.82, 2.24) is 0 Å². The van der Waals surface area contributed by atoms with E-state index in [-0.39, 0.29) is 5.56 Å². The lowest BCUT2D eigenvalue weighted by molar-refractivity contribution is 0.0692. The molecule has 0 saturated carbocycles. The third-order valence-electron chi connectivity index (χ3n) is 3.19. The third kappa shape index (κ3) is 3.38. The molecule has 0 amide bonds. The highest BCUT2D eigenvalue weighted by Gasteiger charge is 2.11. The molecule has 2 aromatic rings. The van der Waals surface area contributed by atoms with Crippen molar-refractivity contribution in [3.63, 3.8) is 0 Å². The first-order valence-electron chi connectivity index (χ1n) is 6.64. The van der Waals surface area contributed by atoms with E-state index < -0.39 is 5.97 Å². The normalized spacial score (nSPS) is 10.3. The Labute approximate surface area is 118 Å². The number of ether oxygens (including phenoxy) is 1. The van der Waals surface area contributed by atoms with Gasteiger partial charge >= 0.3 is 5.97 Å². The molecule has 104 valence electrons. The van der Waals surface area contributed by atoms with Crippen molar-refractivity contribution in [2.45, 2.75) is 26.9 Å². The lowest BCUT2D eigenvalue weighted by atomic mass is 10.1. The van der Waals surface area contributed by atoms with Gasteiger partial charge in [-0.25, -0.2) is 4.79 Å². The molecule has 0 aliphatic carbocycles. The van der Waals surface area contributed by atoms with Crippen molar-refractivity contribution < 1.29 is 14.6 Å². The summed E-state index contributed by atoms with van der Waals surface area (Å²) in [5.74, 6) is -0.557. The minimum Gasteiger partial charge on any atom is -0.488 e. The smallest absolute Gasteiger partial charge is 0.339 e. The molecular weight excluding hydrogens is 252 g/mol. The average Bonchev–Trinajstić information content (AvgIpc) is 2.45. The standard InChI is InChI=1S/C17H18O3/c1-3-13-5-7-14(8-6-13)11-20-16-10-12(2)4-9-15(16)17(18)19/h4-10H,3,11H2,1-2H3,(H,18,19). The molecule has 0 fully saturated rings. The van der Waals surface area contributed by atoms with Gasteiger partial charge in [0.05, 0.1) is 0 Å². The Hall–Kier alpha value is -2.29. The molecule has 3 heteroatoms. The number of benzene rings is 2. The zero-order valence-electron chi connectivity index (χ0n) is 11.7. The predicted molar refractivity (Wildman–Crippen MR) is 78.3 cm³/mol. The molecule has 1 N–H and O–H groups in total. The van der Waals surface area contributed by atoms with Gasteiger partial charge < -0.3 is 9.84 Å². The molecule has 0 unspecified atom stereocenters. The minimum absolute atomic E-state index is 0.195. The molecular formula is C17H18O3. The second-order valence-electron chi connectivity index (χ2n) is 4.76. The van der Waals surface area contributed by atoms with Crippen LogP contribution in [0.5, 0.6) is 5.75 Å². The molecule has 0 aliphatic rings. The number of hydrogen-bond donors (Lipinski definition) is 1. The molecule has 0 saturated heterocycles. The maximum absolute atomic E-state index is 11.1. The Morgan fingerprint density at radius 1 is 1.10 bits per heavy atom. The van der Waals surface area contributed by atoms with Crippen LogP contribution >= 0.6 is 0 Å². The van der Waals surface area contributed by atoms with Crippen LogP contribution in [0.15, 0.2) is 42.5 Å². The van der Waals surface area contributed by atoms with Gasteiger partial charge in [0.2, 0.25) is 0 Å². The van der Waals surface area contributed by atoms with Crippen molar-refractivity contribution in [1.29, 1.82) is 0 Å². The Morgan fingerprint density at radius 3 is 2.35 bits per heavy atom. The van der Waals surface area contributed by atoms with Crippen LogP contribution in [0.2, 0.25) is 0 Å². The number of carbonyl (C=O) groups is 1. The van der Waals surface area contributed by atoms with E-state index in [1.54, 1.807) is 18.2 Å². The van der Waals surface area contributed by atoms with Gasteiger partial charge in [0.1, 0.15) is 17.9 Å². The molecule has 3 nitrogen and oxygen atoms in total. The maximum atomic E-state index is 11.1.